The zero-order valence-electron chi connectivity index (χ0n) is 8.59. The van der Waals surface area contributed by atoms with Gasteiger partial charge in [-0.05, 0) is 6.42 Å². The molecule has 1 aliphatic rings. The van der Waals surface area contributed by atoms with Crippen molar-refractivity contribution in [1.29, 1.82) is 0 Å². The number of carbonyl (C=O) groups is 1. The average Bonchev–Trinajstić information content (AvgIpc) is 2.47. The molecule has 8 heteroatoms. The minimum Gasteiger partial charge on any atom is -0.346 e. The van der Waals surface area contributed by atoms with Crippen LogP contribution in [-0.2, 0) is 4.79 Å². The first-order valence-corrected chi connectivity index (χ1v) is 4.68. The highest BCUT2D eigenvalue weighted by atomic mass is 35.5. The molecule has 1 rings (SSSR count). The summed E-state index contributed by atoms with van der Waals surface area (Å²) >= 11 is 0. The van der Waals surface area contributed by atoms with E-state index in [4.69, 9.17) is 5.73 Å². The molecule has 0 aromatic heterocycles. The minimum atomic E-state index is -4.35. The molecule has 0 bridgehead atoms. The molecule has 0 radical (unpaired) electrons. The Labute approximate surface area is 97.7 Å². The van der Waals surface area contributed by atoms with E-state index in [2.05, 4.69) is 0 Å². The number of alkyl halides is 3. The summed E-state index contributed by atoms with van der Waals surface area (Å²) in [5.74, 6) is -0.610. The van der Waals surface area contributed by atoms with Crippen LogP contribution in [-0.4, -0.2) is 49.2 Å². The van der Waals surface area contributed by atoms with Crippen molar-refractivity contribution in [1.82, 2.24) is 10.2 Å². The second-order valence-corrected chi connectivity index (χ2v) is 3.68. The predicted octanol–water partition coefficient (Wildman–Crippen LogP) is 0.120. The normalized spacial score (nSPS) is 21.6. The van der Waals surface area contributed by atoms with Crippen LogP contribution in [0.1, 0.15) is 6.42 Å². The number of hydrogen-bond donors (Lipinski definition) is 2. The molecule has 1 heterocycles. The molecule has 3 N–H and O–H groups in total. The summed E-state index contributed by atoms with van der Waals surface area (Å²) in [7, 11) is 0. The monoisotopic (exact) mass is 261 g/mol. The van der Waals surface area contributed by atoms with Crippen LogP contribution < -0.4 is 11.1 Å². The zero-order chi connectivity index (χ0) is 11.5. The molecular formula is C8H15ClF3N3O. The van der Waals surface area contributed by atoms with Gasteiger partial charge in [-0.15, -0.1) is 12.4 Å². The van der Waals surface area contributed by atoms with Crippen molar-refractivity contribution < 1.29 is 18.0 Å². The molecule has 0 aromatic rings. The molecule has 1 aliphatic heterocycles. The Morgan fingerprint density at radius 3 is 2.56 bits per heavy atom. The summed E-state index contributed by atoms with van der Waals surface area (Å²) in [5.41, 5.74) is 5.59. The van der Waals surface area contributed by atoms with Crippen molar-refractivity contribution in [2.75, 3.05) is 26.2 Å². The topological polar surface area (TPSA) is 58.4 Å². The smallest absolute Gasteiger partial charge is 0.346 e. The molecule has 1 unspecified atom stereocenters. The Kier molecular flexibility index (Phi) is 6.06. The first-order chi connectivity index (χ1) is 6.87. The third-order valence-electron chi connectivity index (χ3n) is 2.16. The minimum absolute atomic E-state index is 0. The first-order valence-electron chi connectivity index (χ1n) is 4.68. The Bertz CT molecular complexity index is 237. The standard InChI is InChI=1S/C8H14F3N3O.ClH/c9-8(10,11)5-13-7(15)4-14-2-1-6(12)3-14;/h6H,1-5,12H2,(H,13,15);1H. The third-order valence-corrected chi connectivity index (χ3v) is 2.16. The Hall–Kier alpha value is -0.530. The quantitative estimate of drug-likeness (QED) is 0.759. The number of nitrogens with two attached hydrogens (primary N) is 1. The molecule has 0 saturated carbocycles. The predicted molar refractivity (Wildman–Crippen MR) is 55.3 cm³/mol. The fourth-order valence-corrected chi connectivity index (χ4v) is 1.46. The van der Waals surface area contributed by atoms with E-state index < -0.39 is 18.6 Å². The number of rotatable bonds is 3. The molecule has 1 fully saturated rings. The number of amides is 1. The first kappa shape index (κ1) is 15.5. The summed E-state index contributed by atoms with van der Waals surface area (Å²) < 4.78 is 35.2. The van der Waals surface area contributed by atoms with Crippen LogP contribution >= 0.6 is 12.4 Å². The van der Waals surface area contributed by atoms with Gasteiger partial charge in [-0.3, -0.25) is 9.69 Å². The number of likely N-dealkylation sites (tertiary alicyclic amines) is 1. The van der Waals surface area contributed by atoms with Gasteiger partial charge in [-0.2, -0.15) is 13.2 Å². The molecule has 0 aromatic carbocycles. The molecule has 4 nitrogen and oxygen atoms in total. The fourth-order valence-electron chi connectivity index (χ4n) is 1.46. The van der Waals surface area contributed by atoms with E-state index in [1.807, 2.05) is 5.32 Å². The lowest BCUT2D eigenvalue weighted by Gasteiger charge is -2.15. The van der Waals surface area contributed by atoms with E-state index in [0.717, 1.165) is 6.42 Å². The van der Waals surface area contributed by atoms with Crippen molar-refractivity contribution >= 4 is 18.3 Å². The highest BCUT2D eigenvalue weighted by Crippen LogP contribution is 2.12. The lowest BCUT2D eigenvalue weighted by molar-refractivity contribution is -0.138. The summed E-state index contributed by atoms with van der Waals surface area (Å²) in [5, 5.41) is 1.82. The zero-order valence-corrected chi connectivity index (χ0v) is 9.40. The highest BCUT2D eigenvalue weighted by molar-refractivity contribution is 5.85. The van der Waals surface area contributed by atoms with Crippen LogP contribution in [0.15, 0.2) is 0 Å². The van der Waals surface area contributed by atoms with Gasteiger partial charge in [0.2, 0.25) is 5.91 Å². The summed E-state index contributed by atoms with van der Waals surface area (Å²) in [6, 6.07) is 0.0282. The van der Waals surface area contributed by atoms with Gasteiger partial charge >= 0.3 is 6.18 Å². The Morgan fingerprint density at radius 2 is 2.12 bits per heavy atom. The number of halogens is 4. The van der Waals surface area contributed by atoms with Crippen LogP contribution in [0.5, 0.6) is 0 Å². The van der Waals surface area contributed by atoms with Crippen molar-refractivity contribution in [2.45, 2.75) is 18.6 Å². The van der Waals surface area contributed by atoms with E-state index in [-0.39, 0.29) is 25.0 Å². The largest absolute Gasteiger partial charge is 0.405 e. The van der Waals surface area contributed by atoms with E-state index in [1.54, 1.807) is 4.90 Å². The molecule has 1 saturated heterocycles. The van der Waals surface area contributed by atoms with Gasteiger partial charge in [-0.1, -0.05) is 0 Å². The maximum atomic E-state index is 11.7. The number of hydrogen-bond acceptors (Lipinski definition) is 3. The maximum absolute atomic E-state index is 11.7. The number of nitrogens with zero attached hydrogens (tertiary/aromatic N) is 1. The molecule has 0 spiro atoms. The summed E-state index contributed by atoms with van der Waals surface area (Å²) in [4.78, 5) is 12.8. The molecule has 96 valence electrons. The maximum Gasteiger partial charge on any atom is 0.405 e. The van der Waals surface area contributed by atoms with Crippen molar-refractivity contribution in [2.24, 2.45) is 5.73 Å². The summed E-state index contributed by atoms with van der Waals surface area (Å²) in [6.45, 7) is -0.0461. The Morgan fingerprint density at radius 1 is 1.50 bits per heavy atom. The molecule has 0 aliphatic carbocycles. The van der Waals surface area contributed by atoms with E-state index in [1.165, 1.54) is 0 Å². The van der Waals surface area contributed by atoms with E-state index >= 15 is 0 Å². The van der Waals surface area contributed by atoms with Crippen molar-refractivity contribution in [3.05, 3.63) is 0 Å². The lowest BCUT2D eigenvalue weighted by Crippen LogP contribution is -2.41. The number of carbonyl (C=O) groups excluding carboxylic acids is 1. The second kappa shape index (κ2) is 6.27. The van der Waals surface area contributed by atoms with Crippen molar-refractivity contribution in [3.8, 4) is 0 Å². The molecule has 1 amide bonds. The van der Waals surface area contributed by atoms with Gasteiger partial charge in [0.25, 0.3) is 0 Å². The van der Waals surface area contributed by atoms with Gasteiger partial charge in [-0.25, -0.2) is 0 Å². The van der Waals surface area contributed by atoms with Gasteiger partial charge < -0.3 is 11.1 Å². The molecule has 1 atom stereocenters. The average molecular weight is 262 g/mol. The van der Waals surface area contributed by atoms with E-state index in [9.17, 15) is 18.0 Å². The third kappa shape index (κ3) is 6.14. The molecular weight excluding hydrogens is 247 g/mol. The van der Waals surface area contributed by atoms with Gasteiger partial charge in [0.1, 0.15) is 6.54 Å². The molecule has 16 heavy (non-hydrogen) atoms. The Balaban J connectivity index is 0.00000225. The summed E-state index contributed by atoms with van der Waals surface area (Å²) in [6.07, 6.45) is -3.57. The number of nitrogens with one attached hydrogen (secondary N) is 1. The highest BCUT2D eigenvalue weighted by Gasteiger charge is 2.28. The van der Waals surface area contributed by atoms with Crippen LogP contribution in [0.3, 0.4) is 0 Å². The van der Waals surface area contributed by atoms with Crippen LogP contribution in [0.2, 0.25) is 0 Å². The fraction of sp³-hybridized carbons (Fsp3) is 0.875. The van der Waals surface area contributed by atoms with Crippen LogP contribution in [0.25, 0.3) is 0 Å². The van der Waals surface area contributed by atoms with Crippen molar-refractivity contribution in [3.63, 3.8) is 0 Å². The van der Waals surface area contributed by atoms with Crippen LogP contribution in [0.4, 0.5) is 13.2 Å². The van der Waals surface area contributed by atoms with Gasteiger partial charge in [0.05, 0.1) is 6.54 Å². The van der Waals surface area contributed by atoms with Gasteiger partial charge in [0.15, 0.2) is 0 Å². The second-order valence-electron chi connectivity index (χ2n) is 3.68. The lowest BCUT2D eigenvalue weighted by atomic mass is 10.3. The van der Waals surface area contributed by atoms with Gasteiger partial charge in [0, 0.05) is 19.1 Å². The SMILES string of the molecule is Cl.NC1CCN(CC(=O)NCC(F)(F)F)C1. The van der Waals surface area contributed by atoms with Crippen LogP contribution in [0, 0.1) is 0 Å². The van der Waals surface area contributed by atoms with E-state index in [0.29, 0.717) is 13.1 Å².